The average molecular weight is 379 g/mol. The number of hydrogen-bond donors (Lipinski definition) is 2. The first-order valence-electron chi connectivity index (χ1n) is 9.36. The highest BCUT2D eigenvalue weighted by Crippen LogP contribution is 2.25. The molecule has 6 nitrogen and oxygen atoms in total. The van der Waals surface area contributed by atoms with Gasteiger partial charge in [0.25, 0.3) is 0 Å². The van der Waals surface area contributed by atoms with Gasteiger partial charge in [0.2, 0.25) is 17.7 Å². The lowest BCUT2D eigenvalue weighted by atomic mass is 10.1. The second-order valence-electron chi connectivity index (χ2n) is 7.27. The zero-order valence-corrected chi connectivity index (χ0v) is 16.4. The van der Waals surface area contributed by atoms with Gasteiger partial charge in [-0.15, -0.1) is 0 Å². The molecule has 0 aliphatic carbocycles. The molecular weight excluding hydrogens is 354 g/mol. The number of anilines is 2. The minimum absolute atomic E-state index is 0.0796. The molecule has 0 radical (unpaired) electrons. The summed E-state index contributed by atoms with van der Waals surface area (Å²) < 4.78 is 0. The Morgan fingerprint density at radius 1 is 1.04 bits per heavy atom. The zero-order valence-electron chi connectivity index (χ0n) is 16.4. The molecule has 1 saturated heterocycles. The number of carbonyl (C=O) groups excluding carboxylic acids is 3. The maximum Gasteiger partial charge on any atom is 0.243 e. The zero-order chi connectivity index (χ0) is 20.3. The van der Waals surface area contributed by atoms with Gasteiger partial charge in [-0.2, -0.15) is 0 Å². The molecule has 0 saturated carbocycles. The number of para-hydroxylation sites is 1. The molecule has 146 valence electrons. The van der Waals surface area contributed by atoms with Crippen LogP contribution in [0.4, 0.5) is 11.4 Å². The summed E-state index contributed by atoms with van der Waals surface area (Å²) in [5, 5.41) is 5.50. The normalized spacial score (nSPS) is 16.2. The molecule has 1 atom stereocenters. The predicted octanol–water partition coefficient (Wildman–Crippen LogP) is 2.72. The third kappa shape index (κ3) is 4.39. The van der Waals surface area contributed by atoms with Crippen molar-refractivity contribution in [2.75, 3.05) is 23.3 Å². The molecule has 28 heavy (non-hydrogen) atoms. The summed E-state index contributed by atoms with van der Waals surface area (Å²) in [6.45, 7) is 6.03. The molecule has 3 rings (SSSR count). The summed E-state index contributed by atoms with van der Waals surface area (Å²) in [5.74, 6) is -1.10. The van der Waals surface area contributed by atoms with E-state index in [4.69, 9.17) is 0 Å². The third-order valence-corrected chi connectivity index (χ3v) is 5.01. The van der Waals surface area contributed by atoms with E-state index in [1.165, 1.54) is 0 Å². The number of aryl methyl sites for hydroxylation is 3. The second-order valence-corrected chi connectivity index (χ2v) is 7.27. The van der Waals surface area contributed by atoms with Crippen molar-refractivity contribution in [1.82, 2.24) is 5.32 Å². The lowest BCUT2D eigenvalue weighted by molar-refractivity contribution is -0.127. The van der Waals surface area contributed by atoms with Gasteiger partial charge in [-0.1, -0.05) is 35.9 Å². The second kappa shape index (κ2) is 8.25. The molecule has 1 fully saturated rings. The molecule has 2 aromatic carbocycles. The smallest absolute Gasteiger partial charge is 0.243 e. The van der Waals surface area contributed by atoms with E-state index in [2.05, 4.69) is 10.6 Å². The fraction of sp³-hybridized carbons (Fsp3) is 0.318. The molecule has 1 aliphatic rings. The van der Waals surface area contributed by atoms with E-state index >= 15 is 0 Å². The van der Waals surface area contributed by atoms with Crippen LogP contribution in [0.15, 0.2) is 42.5 Å². The minimum Gasteiger partial charge on any atom is -0.347 e. The summed E-state index contributed by atoms with van der Waals surface area (Å²) in [6.07, 6.45) is 0.151. The number of hydrogen-bond acceptors (Lipinski definition) is 3. The van der Waals surface area contributed by atoms with Crippen molar-refractivity contribution in [2.24, 2.45) is 5.92 Å². The lowest BCUT2D eigenvalue weighted by Gasteiger charge is -2.17. The van der Waals surface area contributed by atoms with E-state index in [1.807, 2.05) is 63.2 Å². The highest BCUT2D eigenvalue weighted by molar-refractivity contribution is 6.01. The molecule has 1 heterocycles. The maximum atomic E-state index is 12.4. The van der Waals surface area contributed by atoms with Crippen LogP contribution < -0.4 is 15.5 Å². The Labute approximate surface area is 164 Å². The minimum atomic E-state index is -0.457. The Morgan fingerprint density at radius 2 is 1.68 bits per heavy atom. The Morgan fingerprint density at radius 3 is 2.32 bits per heavy atom. The van der Waals surface area contributed by atoms with Crippen LogP contribution in [0, 0.1) is 26.7 Å². The Kier molecular flexibility index (Phi) is 5.78. The van der Waals surface area contributed by atoms with Crippen molar-refractivity contribution in [1.29, 1.82) is 0 Å². The lowest BCUT2D eigenvalue weighted by Crippen LogP contribution is -2.38. The summed E-state index contributed by atoms with van der Waals surface area (Å²) >= 11 is 0. The molecule has 0 unspecified atom stereocenters. The van der Waals surface area contributed by atoms with Crippen LogP contribution in [0.25, 0.3) is 0 Å². The van der Waals surface area contributed by atoms with Gasteiger partial charge >= 0.3 is 0 Å². The quantitative estimate of drug-likeness (QED) is 0.838. The first-order valence-corrected chi connectivity index (χ1v) is 9.36. The number of carbonyl (C=O) groups is 3. The van der Waals surface area contributed by atoms with Crippen LogP contribution in [0.1, 0.15) is 23.1 Å². The van der Waals surface area contributed by atoms with Gasteiger partial charge in [0.1, 0.15) is 0 Å². The van der Waals surface area contributed by atoms with Gasteiger partial charge in [0, 0.05) is 24.3 Å². The molecule has 1 aliphatic heterocycles. The van der Waals surface area contributed by atoms with Crippen molar-refractivity contribution in [3.8, 4) is 0 Å². The van der Waals surface area contributed by atoms with E-state index in [9.17, 15) is 14.4 Å². The van der Waals surface area contributed by atoms with E-state index in [1.54, 1.807) is 4.90 Å². The number of nitrogens with one attached hydrogen (secondary N) is 2. The predicted molar refractivity (Wildman–Crippen MR) is 109 cm³/mol. The Bertz CT molecular complexity index is 885. The van der Waals surface area contributed by atoms with Crippen LogP contribution in [0.5, 0.6) is 0 Å². The third-order valence-electron chi connectivity index (χ3n) is 5.01. The Balaban J connectivity index is 1.54. The standard InChI is InChI=1S/C22H25N3O3/c1-14-7-9-18(10-8-14)25-13-17(11-20(25)27)22(28)23-12-19(26)24-21-15(2)5-4-6-16(21)3/h4-10,17H,11-13H2,1-3H3,(H,23,28)(H,24,26)/t17-/m1/s1. The van der Waals surface area contributed by atoms with E-state index < -0.39 is 5.92 Å². The van der Waals surface area contributed by atoms with E-state index in [-0.39, 0.29) is 30.7 Å². The van der Waals surface area contributed by atoms with Crippen LogP contribution in [-0.2, 0) is 14.4 Å². The fourth-order valence-electron chi connectivity index (χ4n) is 3.36. The maximum absolute atomic E-state index is 12.4. The summed E-state index contributed by atoms with van der Waals surface area (Å²) in [5.41, 5.74) is 4.60. The average Bonchev–Trinajstić information content (AvgIpc) is 3.05. The van der Waals surface area contributed by atoms with Crippen LogP contribution >= 0.6 is 0 Å². The molecule has 3 amide bonds. The van der Waals surface area contributed by atoms with Gasteiger partial charge in [0.05, 0.1) is 12.5 Å². The number of rotatable bonds is 5. The van der Waals surface area contributed by atoms with Crippen LogP contribution in [-0.4, -0.2) is 30.8 Å². The first-order chi connectivity index (χ1) is 13.3. The molecule has 2 N–H and O–H groups in total. The summed E-state index contributed by atoms with van der Waals surface area (Å²) in [4.78, 5) is 38.6. The van der Waals surface area contributed by atoms with Gasteiger partial charge < -0.3 is 15.5 Å². The molecule has 0 bridgehead atoms. The number of nitrogens with zero attached hydrogens (tertiary/aromatic N) is 1. The topological polar surface area (TPSA) is 78.5 Å². The van der Waals surface area contributed by atoms with Crippen LogP contribution in [0.3, 0.4) is 0 Å². The van der Waals surface area contributed by atoms with Gasteiger partial charge in [0.15, 0.2) is 0 Å². The number of amides is 3. The summed E-state index contributed by atoms with van der Waals surface area (Å²) in [7, 11) is 0. The van der Waals surface area contributed by atoms with Gasteiger partial charge in [-0.05, 0) is 44.0 Å². The highest BCUT2D eigenvalue weighted by Gasteiger charge is 2.35. The van der Waals surface area contributed by atoms with Crippen molar-refractivity contribution < 1.29 is 14.4 Å². The monoisotopic (exact) mass is 379 g/mol. The SMILES string of the molecule is Cc1ccc(N2C[C@H](C(=O)NCC(=O)Nc3c(C)cccc3C)CC2=O)cc1. The van der Waals surface area contributed by atoms with Crippen molar-refractivity contribution >= 4 is 29.1 Å². The van der Waals surface area contributed by atoms with Crippen LogP contribution in [0.2, 0.25) is 0 Å². The van der Waals surface area contributed by atoms with Crippen molar-refractivity contribution in [3.05, 3.63) is 59.2 Å². The molecule has 2 aromatic rings. The van der Waals surface area contributed by atoms with Crippen molar-refractivity contribution in [2.45, 2.75) is 27.2 Å². The molecule has 0 aromatic heterocycles. The van der Waals surface area contributed by atoms with E-state index in [0.29, 0.717) is 6.54 Å². The highest BCUT2D eigenvalue weighted by atomic mass is 16.2. The molecular formula is C22H25N3O3. The van der Waals surface area contributed by atoms with Crippen molar-refractivity contribution in [3.63, 3.8) is 0 Å². The van der Waals surface area contributed by atoms with Gasteiger partial charge in [-0.25, -0.2) is 0 Å². The summed E-state index contributed by atoms with van der Waals surface area (Å²) in [6, 6.07) is 13.4. The molecule has 0 spiro atoms. The number of benzene rings is 2. The first kappa shape index (κ1) is 19.6. The Hall–Kier alpha value is -3.15. The fourth-order valence-corrected chi connectivity index (χ4v) is 3.36. The van der Waals surface area contributed by atoms with E-state index in [0.717, 1.165) is 28.1 Å². The molecule has 6 heteroatoms. The van der Waals surface area contributed by atoms with Gasteiger partial charge in [-0.3, -0.25) is 14.4 Å². The largest absolute Gasteiger partial charge is 0.347 e.